The summed E-state index contributed by atoms with van der Waals surface area (Å²) >= 11 is 0. The van der Waals surface area contributed by atoms with E-state index in [-0.39, 0.29) is 5.54 Å². The van der Waals surface area contributed by atoms with Crippen LogP contribution < -0.4 is 19.7 Å². The van der Waals surface area contributed by atoms with Gasteiger partial charge in [0.05, 0.1) is 19.9 Å². The Morgan fingerprint density at radius 2 is 2.00 bits per heavy atom. The quantitative estimate of drug-likeness (QED) is 0.908. The van der Waals surface area contributed by atoms with E-state index in [0.717, 1.165) is 43.2 Å². The molecule has 2 rings (SSSR count). The lowest BCUT2D eigenvalue weighted by Crippen LogP contribution is -2.46. The van der Waals surface area contributed by atoms with Gasteiger partial charge in [-0.05, 0) is 38.9 Å². The van der Waals surface area contributed by atoms with Gasteiger partial charge in [0, 0.05) is 24.7 Å². The summed E-state index contributed by atoms with van der Waals surface area (Å²) < 4.78 is 10.8. The number of nitrogens with zero attached hydrogens (tertiary/aromatic N) is 1. The summed E-state index contributed by atoms with van der Waals surface area (Å²) in [6.07, 6.45) is 1.14. The molecule has 1 fully saturated rings. The largest absolute Gasteiger partial charge is 0.497 e. The summed E-state index contributed by atoms with van der Waals surface area (Å²) in [4.78, 5) is 2.39. The zero-order valence-electron chi connectivity index (χ0n) is 12.3. The molecule has 1 aliphatic heterocycles. The van der Waals surface area contributed by atoms with Gasteiger partial charge in [-0.3, -0.25) is 0 Å². The number of hydrogen-bond acceptors (Lipinski definition) is 4. The van der Waals surface area contributed by atoms with E-state index >= 15 is 0 Å². The fourth-order valence-electron chi connectivity index (χ4n) is 2.56. The van der Waals surface area contributed by atoms with E-state index in [1.54, 1.807) is 14.2 Å². The van der Waals surface area contributed by atoms with Crippen LogP contribution in [0.15, 0.2) is 18.2 Å². The molecule has 0 amide bonds. The van der Waals surface area contributed by atoms with Crippen LogP contribution in [0.3, 0.4) is 0 Å². The van der Waals surface area contributed by atoms with Crippen LogP contribution in [0.2, 0.25) is 0 Å². The van der Waals surface area contributed by atoms with Crippen molar-refractivity contribution in [2.75, 3.05) is 38.8 Å². The maximum absolute atomic E-state index is 5.51. The molecule has 0 saturated carbocycles. The van der Waals surface area contributed by atoms with E-state index in [4.69, 9.17) is 9.47 Å². The molecule has 106 valence electrons. The molecule has 4 nitrogen and oxygen atoms in total. The maximum atomic E-state index is 5.51. The SMILES string of the molecule is COc1ccc(N2CCCNC(C)(C)C2)c(OC)c1. The number of anilines is 1. The second-order valence-electron chi connectivity index (χ2n) is 5.62. The molecule has 0 aliphatic carbocycles. The minimum absolute atomic E-state index is 0.113. The number of methoxy groups -OCH3 is 2. The topological polar surface area (TPSA) is 33.7 Å². The van der Waals surface area contributed by atoms with Gasteiger partial charge in [0.15, 0.2) is 0 Å². The zero-order valence-corrected chi connectivity index (χ0v) is 12.3. The molecular formula is C15H24N2O2. The van der Waals surface area contributed by atoms with Crippen LogP contribution in [0.1, 0.15) is 20.3 Å². The van der Waals surface area contributed by atoms with Crippen LogP contribution >= 0.6 is 0 Å². The first-order valence-electron chi connectivity index (χ1n) is 6.78. The average Bonchev–Trinajstić information content (AvgIpc) is 2.58. The van der Waals surface area contributed by atoms with Gasteiger partial charge in [-0.15, -0.1) is 0 Å². The first-order chi connectivity index (χ1) is 9.05. The van der Waals surface area contributed by atoms with Crippen LogP contribution in [0, 0.1) is 0 Å². The number of nitrogens with one attached hydrogen (secondary N) is 1. The van der Waals surface area contributed by atoms with Crippen LogP contribution in [0.5, 0.6) is 11.5 Å². The van der Waals surface area contributed by atoms with E-state index < -0.39 is 0 Å². The monoisotopic (exact) mass is 264 g/mol. The van der Waals surface area contributed by atoms with Gasteiger partial charge in [-0.25, -0.2) is 0 Å². The Labute approximate surface area is 115 Å². The summed E-state index contributed by atoms with van der Waals surface area (Å²) in [5.41, 5.74) is 1.25. The third-order valence-electron chi connectivity index (χ3n) is 3.52. The highest BCUT2D eigenvalue weighted by Gasteiger charge is 2.25. The normalized spacial score (nSPS) is 18.8. The van der Waals surface area contributed by atoms with Crippen LogP contribution in [0.25, 0.3) is 0 Å². The Hall–Kier alpha value is -1.42. The van der Waals surface area contributed by atoms with Gasteiger partial charge in [0.1, 0.15) is 11.5 Å². The summed E-state index contributed by atoms with van der Waals surface area (Å²) in [6, 6.07) is 6.02. The van der Waals surface area contributed by atoms with Crippen molar-refractivity contribution in [3.63, 3.8) is 0 Å². The van der Waals surface area contributed by atoms with E-state index in [1.165, 1.54) is 0 Å². The van der Waals surface area contributed by atoms with E-state index in [2.05, 4.69) is 30.1 Å². The first-order valence-corrected chi connectivity index (χ1v) is 6.78. The van der Waals surface area contributed by atoms with Gasteiger partial charge in [-0.2, -0.15) is 0 Å². The summed E-state index contributed by atoms with van der Waals surface area (Å²) in [5.74, 6) is 1.70. The van der Waals surface area contributed by atoms with E-state index in [0.29, 0.717) is 0 Å². The molecule has 0 spiro atoms. The highest BCUT2D eigenvalue weighted by Crippen LogP contribution is 2.33. The van der Waals surface area contributed by atoms with Crippen LogP contribution in [-0.4, -0.2) is 39.4 Å². The van der Waals surface area contributed by atoms with Gasteiger partial charge >= 0.3 is 0 Å². The summed E-state index contributed by atoms with van der Waals surface area (Å²) in [7, 11) is 3.38. The minimum atomic E-state index is 0.113. The Bertz CT molecular complexity index is 432. The second-order valence-corrected chi connectivity index (χ2v) is 5.62. The molecule has 0 unspecified atom stereocenters. The molecule has 1 aliphatic rings. The highest BCUT2D eigenvalue weighted by atomic mass is 16.5. The van der Waals surface area contributed by atoms with Gasteiger partial charge in [-0.1, -0.05) is 0 Å². The molecule has 1 aromatic carbocycles. The first kappa shape index (κ1) is 14.0. The molecule has 0 aromatic heterocycles. The minimum Gasteiger partial charge on any atom is -0.497 e. The van der Waals surface area contributed by atoms with Crippen molar-refractivity contribution < 1.29 is 9.47 Å². The Morgan fingerprint density at radius 1 is 1.21 bits per heavy atom. The molecule has 1 aromatic rings. The molecule has 19 heavy (non-hydrogen) atoms. The highest BCUT2D eigenvalue weighted by molar-refractivity contribution is 5.61. The van der Waals surface area contributed by atoms with Crippen LogP contribution in [0.4, 0.5) is 5.69 Å². The van der Waals surface area contributed by atoms with Crippen molar-refractivity contribution in [3.8, 4) is 11.5 Å². The average molecular weight is 264 g/mol. The van der Waals surface area contributed by atoms with Gasteiger partial charge in [0.2, 0.25) is 0 Å². The van der Waals surface area contributed by atoms with E-state index in [1.807, 2.05) is 12.1 Å². The molecule has 1 saturated heterocycles. The number of benzene rings is 1. The molecule has 1 N–H and O–H groups in total. The van der Waals surface area contributed by atoms with Crippen molar-refractivity contribution in [2.24, 2.45) is 0 Å². The van der Waals surface area contributed by atoms with Crippen molar-refractivity contribution in [1.29, 1.82) is 0 Å². The predicted molar refractivity (Wildman–Crippen MR) is 78.5 cm³/mol. The molecule has 1 heterocycles. The van der Waals surface area contributed by atoms with E-state index in [9.17, 15) is 0 Å². The summed E-state index contributed by atoms with van der Waals surface area (Å²) in [5, 5.41) is 3.57. The fraction of sp³-hybridized carbons (Fsp3) is 0.600. The third-order valence-corrected chi connectivity index (χ3v) is 3.52. The lowest BCUT2D eigenvalue weighted by atomic mass is 10.1. The molecule has 0 bridgehead atoms. The van der Waals surface area contributed by atoms with Gasteiger partial charge < -0.3 is 19.7 Å². The third kappa shape index (κ3) is 3.32. The number of hydrogen-bond donors (Lipinski definition) is 1. The maximum Gasteiger partial charge on any atom is 0.145 e. The van der Waals surface area contributed by atoms with Crippen molar-refractivity contribution >= 4 is 5.69 Å². The van der Waals surface area contributed by atoms with Gasteiger partial charge in [0.25, 0.3) is 0 Å². The lowest BCUT2D eigenvalue weighted by Gasteiger charge is -2.32. The number of rotatable bonds is 3. The molecule has 0 radical (unpaired) electrons. The van der Waals surface area contributed by atoms with Crippen LogP contribution in [-0.2, 0) is 0 Å². The second kappa shape index (κ2) is 5.70. The Morgan fingerprint density at radius 3 is 2.68 bits per heavy atom. The Kier molecular flexibility index (Phi) is 4.20. The number of ether oxygens (including phenoxy) is 2. The standard InChI is InChI=1S/C15H24N2O2/c1-15(2)11-17(9-5-8-16-15)13-7-6-12(18-3)10-14(13)19-4/h6-7,10,16H,5,8-9,11H2,1-4H3. The Balaban J connectivity index is 2.29. The fourth-order valence-corrected chi connectivity index (χ4v) is 2.56. The molecular weight excluding hydrogens is 240 g/mol. The molecule has 0 atom stereocenters. The predicted octanol–water partition coefficient (Wildman–Crippen LogP) is 2.28. The van der Waals surface area contributed by atoms with Crippen molar-refractivity contribution in [2.45, 2.75) is 25.8 Å². The molecule has 4 heteroatoms. The smallest absolute Gasteiger partial charge is 0.145 e. The van der Waals surface area contributed by atoms with Crippen molar-refractivity contribution in [3.05, 3.63) is 18.2 Å². The zero-order chi connectivity index (χ0) is 13.9. The van der Waals surface area contributed by atoms with Crippen molar-refractivity contribution in [1.82, 2.24) is 5.32 Å². The lowest BCUT2D eigenvalue weighted by molar-refractivity contribution is 0.391. The summed E-state index contributed by atoms with van der Waals surface area (Å²) in [6.45, 7) is 7.54.